The molecular formula is C14H20F2N2O3. The number of halogens is 2. The Morgan fingerprint density at radius 1 is 1.33 bits per heavy atom. The van der Waals surface area contributed by atoms with Gasteiger partial charge >= 0.3 is 0 Å². The molecule has 0 fully saturated rings. The van der Waals surface area contributed by atoms with Gasteiger partial charge in [-0.2, -0.15) is 0 Å². The van der Waals surface area contributed by atoms with E-state index in [1.807, 2.05) is 0 Å². The van der Waals surface area contributed by atoms with E-state index in [-0.39, 0.29) is 0 Å². The van der Waals surface area contributed by atoms with Crippen molar-refractivity contribution >= 4 is 5.91 Å². The molecule has 0 saturated heterocycles. The van der Waals surface area contributed by atoms with Gasteiger partial charge in [0.1, 0.15) is 0 Å². The molecule has 1 aromatic carbocycles. The van der Waals surface area contributed by atoms with E-state index in [0.29, 0.717) is 25.3 Å². The first-order valence-electron chi connectivity index (χ1n) is 6.55. The molecule has 1 amide bonds. The second-order valence-electron chi connectivity index (χ2n) is 4.46. The molecule has 1 aromatic rings. The van der Waals surface area contributed by atoms with Gasteiger partial charge in [0.05, 0.1) is 6.61 Å². The van der Waals surface area contributed by atoms with Gasteiger partial charge in [0, 0.05) is 20.2 Å². The second kappa shape index (κ2) is 8.53. The maximum atomic E-state index is 13.8. The molecule has 0 radical (unpaired) electrons. The fraction of sp³-hybridized carbons (Fsp3) is 0.500. The van der Waals surface area contributed by atoms with Crippen molar-refractivity contribution in [2.24, 2.45) is 0 Å². The Bertz CT molecular complexity index is 460. The van der Waals surface area contributed by atoms with Gasteiger partial charge in [-0.05, 0) is 31.7 Å². The summed E-state index contributed by atoms with van der Waals surface area (Å²) in [7, 11) is 3.18. The van der Waals surface area contributed by atoms with Crippen LogP contribution in [0.1, 0.15) is 12.5 Å². The summed E-state index contributed by atoms with van der Waals surface area (Å²) in [4.78, 5) is 11.7. The SMILES string of the molecule is CNCc1cc(F)c(OC(C)C(=O)NCCOC)c(F)c1. The number of hydrogen-bond acceptors (Lipinski definition) is 4. The molecular weight excluding hydrogens is 282 g/mol. The summed E-state index contributed by atoms with van der Waals surface area (Å²) in [6.45, 7) is 2.40. The molecule has 0 heterocycles. The fourth-order valence-corrected chi connectivity index (χ4v) is 1.68. The number of hydrogen-bond donors (Lipinski definition) is 2. The van der Waals surface area contributed by atoms with E-state index in [4.69, 9.17) is 9.47 Å². The van der Waals surface area contributed by atoms with Crippen LogP contribution in [0.5, 0.6) is 5.75 Å². The molecule has 1 atom stereocenters. The van der Waals surface area contributed by atoms with Gasteiger partial charge in [-0.15, -0.1) is 0 Å². The minimum Gasteiger partial charge on any atom is -0.475 e. The molecule has 0 aliphatic rings. The average molecular weight is 302 g/mol. The van der Waals surface area contributed by atoms with Crippen LogP contribution < -0.4 is 15.4 Å². The predicted octanol–water partition coefficient (Wildman–Crippen LogP) is 1.21. The lowest BCUT2D eigenvalue weighted by atomic mass is 10.2. The number of carbonyl (C=O) groups is 1. The number of carbonyl (C=O) groups excluding carboxylic acids is 1. The van der Waals surface area contributed by atoms with Crippen LogP contribution in [0.4, 0.5) is 8.78 Å². The van der Waals surface area contributed by atoms with Gasteiger partial charge < -0.3 is 20.1 Å². The fourth-order valence-electron chi connectivity index (χ4n) is 1.68. The molecule has 7 heteroatoms. The highest BCUT2D eigenvalue weighted by molar-refractivity contribution is 5.80. The summed E-state index contributed by atoms with van der Waals surface area (Å²) in [6.07, 6.45) is -1.01. The van der Waals surface area contributed by atoms with Crippen molar-refractivity contribution in [3.63, 3.8) is 0 Å². The lowest BCUT2D eigenvalue weighted by Crippen LogP contribution is -2.38. The standard InChI is InChI=1S/C14H20F2N2O3/c1-9(14(19)18-4-5-20-3)21-13-11(15)6-10(8-17-2)7-12(13)16/h6-7,9,17H,4-5,8H2,1-3H3,(H,18,19). The highest BCUT2D eigenvalue weighted by atomic mass is 19.1. The third kappa shape index (κ3) is 5.28. The zero-order valence-corrected chi connectivity index (χ0v) is 12.3. The van der Waals surface area contributed by atoms with Crippen molar-refractivity contribution in [3.8, 4) is 5.75 Å². The van der Waals surface area contributed by atoms with Gasteiger partial charge in [0.15, 0.2) is 23.5 Å². The lowest BCUT2D eigenvalue weighted by molar-refractivity contribution is -0.127. The first kappa shape index (κ1) is 17.3. The zero-order valence-electron chi connectivity index (χ0n) is 12.3. The van der Waals surface area contributed by atoms with Crippen LogP contribution in [0.25, 0.3) is 0 Å². The van der Waals surface area contributed by atoms with Crippen LogP contribution in [-0.4, -0.2) is 39.3 Å². The summed E-state index contributed by atoms with van der Waals surface area (Å²) in [5.74, 6) is -2.69. The average Bonchev–Trinajstić information content (AvgIpc) is 2.43. The molecule has 0 saturated carbocycles. The molecule has 5 nitrogen and oxygen atoms in total. The Morgan fingerprint density at radius 3 is 2.48 bits per heavy atom. The summed E-state index contributed by atoms with van der Waals surface area (Å²) in [5.41, 5.74) is 0.456. The van der Waals surface area contributed by atoms with E-state index < -0.39 is 29.4 Å². The summed E-state index contributed by atoms with van der Waals surface area (Å²) >= 11 is 0. The van der Waals surface area contributed by atoms with Gasteiger partial charge in [-0.3, -0.25) is 4.79 Å². The van der Waals surface area contributed by atoms with E-state index >= 15 is 0 Å². The Balaban J connectivity index is 2.71. The van der Waals surface area contributed by atoms with E-state index in [2.05, 4.69) is 10.6 Å². The van der Waals surface area contributed by atoms with E-state index in [1.54, 1.807) is 7.05 Å². The number of benzene rings is 1. The lowest BCUT2D eigenvalue weighted by Gasteiger charge is -2.16. The molecule has 1 rings (SSSR count). The minimum absolute atomic E-state index is 0.301. The van der Waals surface area contributed by atoms with Crippen molar-refractivity contribution in [1.82, 2.24) is 10.6 Å². The van der Waals surface area contributed by atoms with E-state index in [1.165, 1.54) is 26.2 Å². The van der Waals surface area contributed by atoms with Crippen LogP contribution in [0, 0.1) is 11.6 Å². The third-order valence-electron chi connectivity index (χ3n) is 2.71. The highest BCUT2D eigenvalue weighted by Gasteiger charge is 2.20. The maximum Gasteiger partial charge on any atom is 0.260 e. The number of ether oxygens (including phenoxy) is 2. The van der Waals surface area contributed by atoms with Crippen LogP contribution >= 0.6 is 0 Å². The van der Waals surface area contributed by atoms with Crippen molar-refractivity contribution < 1.29 is 23.0 Å². The van der Waals surface area contributed by atoms with Crippen LogP contribution in [0.3, 0.4) is 0 Å². The molecule has 2 N–H and O–H groups in total. The molecule has 0 aromatic heterocycles. The maximum absolute atomic E-state index is 13.8. The van der Waals surface area contributed by atoms with Crippen molar-refractivity contribution in [2.75, 3.05) is 27.3 Å². The van der Waals surface area contributed by atoms with Crippen molar-refractivity contribution in [3.05, 3.63) is 29.3 Å². The second-order valence-corrected chi connectivity index (χ2v) is 4.46. The molecule has 21 heavy (non-hydrogen) atoms. The summed E-state index contributed by atoms with van der Waals surface area (Å²) < 4.78 is 37.5. The normalized spacial score (nSPS) is 12.0. The Labute approximate surface area is 122 Å². The molecule has 0 spiro atoms. The predicted molar refractivity (Wildman–Crippen MR) is 74.1 cm³/mol. The first-order valence-corrected chi connectivity index (χ1v) is 6.55. The molecule has 1 unspecified atom stereocenters. The molecule has 0 aliphatic heterocycles. The number of amides is 1. The van der Waals surface area contributed by atoms with Gasteiger partial charge in [-0.1, -0.05) is 0 Å². The largest absolute Gasteiger partial charge is 0.475 e. The molecule has 0 bridgehead atoms. The number of rotatable bonds is 8. The highest BCUT2D eigenvalue weighted by Crippen LogP contribution is 2.24. The van der Waals surface area contributed by atoms with E-state index in [9.17, 15) is 13.6 Å². The minimum atomic E-state index is -1.01. The Morgan fingerprint density at radius 2 is 1.95 bits per heavy atom. The van der Waals surface area contributed by atoms with Crippen LogP contribution in [0.15, 0.2) is 12.1 Å². The molecule has 0 aliphatic carbocycles. The van der Waals surface area contributed by atoms with Crippen LogP contribution in [-0.2, 0) is 16.1 Å². The van der Waals surface area contributed by atoms with Gasteiger partial charge in [0.25, 0.3) is 5.91 Å². The summed E-state index contributed by atoms with van der Waals surface area (Å²) in [6, 6.07) is 2.34. The smallest absolute Gasteiger partial charge is 0.260 e. The molecule has 118 valence electrons. The van der Waals surface area contributed by atoms with Gasteiger partial charge in [0.2, 0.25) is 0 Å². The zero-order chi connectivity index (χ0) is 15.8. The van der Waals surface area contributed by atoms with Gasteiger partial charge in [-0.25, -0.2) is 8.78 Å². The monoisotopic (exact) mass is 302 g/mol. The van der Waals surface area contributed by atoms with Crippen LogP contribution in [0.2, 0.25) is 0 Å². The topological polar surface area (TPSA) is 59.6 Å². The van der Waals surface area contributed by atoms with Crippen molar-refractivity contribution in [2.45, 2.75) is 19.6 Å². The quantitative estimate of drug-likeness (QED) is 0.709. The summed E-state index contributed by atoms with van der Waals surface area (Å²) in [5, 5.41) is 5.33. The Hall–Kier alpha value is -1.73. The first-order chi connectivity index (χ1) is 9.99. The third-order valence-corrected chi connectivity index (χ3v) is 2.71. The van der Waals surface area contributed by atoms with Crippen molar-refractivity contribution in [1.29, 1.82) is 0 Å². The van der Waals surface area contributed by atoms with E-state index in [0.717, 1.165) is 0 Å². The number of methoxy groups -OCH3 is 1. The number of nitrogens with one attached hydrogen (secondary N) is 2. The Kier molecular flexibility index (Phi) is 7.04.